The predicted molar refractivity (Wildman–Crippen MR) is 72.7 cm³/mol. The van der Waals surface area contributed by atoms with Crippen LogP contribution in [0.2, 0.25) is 0 Å². The molecule has 1 fully saturated rings. The van der Waals surface area contributed by atoms with E-state index in [0.29, 0.717) is 0 Å². The lowest BCUT2D eigenvalue weighted by Crippen LogP contribution is -2.40. The zero-order valence-electron chi connectivity index (χ0n) is 12.0. The summed E-state index contributed by atoms with van der Waals surface area (Å²) in [6.45, 7) is 12.8. The van der Waals surface area contributed by atoms with Crippen LogP contribution in [0.15, 0.2) is 0 Å². The van der Waals surface area contributed by atoms with Crippen LogP contribution in [0, 0.1) is 17.8 Å². The monoisotopic (exact) mass is 225 g/mol. The van der Waals surface area contributed by atoms with Crippen LogP contribution in [0.1, 0.15) is 66.7 Å². The van der Waals surface area contributed by atoms with Gasteiger partial charge in [0, 0.05) is 5.54 Å². The van der Waals surface area contributed by atoms with Gasteiger partial charge in [-0.25, -0.2) is 0 Å². The highest BCUT2D eigenvalue weighted by Crippen LogP contribution is 2.34. The number of hydrogen-bond acceptors (Lipinski definition) is 1. The van der Waals surface area contributed by atoms with E-state index in [4.69, 9.17) is 0 Å². The van der Waals surface area contributed by atoms with E-state index in [2.05, 4.69) is 39.9 Å². The van der Waals surface area contributed by atoms with Crippen molar-refractivity contribution in [1.29, 1.82) is 0 Å². The van der Waals surface area contributed by atoms with Crippen molar-refractivity contribution in [1.82, 2.24) is 5.32 Å². The third-order valence-electron chi connectivity index (χ3n) is 3.74. The molecule has 0 heterocycles. The Morgan fingerprint density at radius 2 is 1.69 bits per heavy atom. The maximum absolute atomic E-state index is 3.70. The highest BCUT2D eigenvalue weighted by atomic mass is 14.9. The molecule has 0 radical (unpaired) electrons. The largest absolute Gasteiger partial charge is 0.312 e. The molecule has 0 spiro atoms. The highest BCUT2D eigenvalue weighted by molar-refractivity contribution is 4.81. The number of nitrogens with one attached hydrogen (secondary N) is 1. The first-order chi connectivity index (χ1) is 7.38. The molecule has 1 N–H and O–H groups in total. The summed E-state index contributed by atoms with van der Waals surface area (Å²) in [5, 5.41) is 3.70. The summed E-state index contributed by atoms with van der Waals surface area (Å²) in [6, 6.07) is 0. The zero-order valence-corrected chi connectivity index (χ0v) is 12.0. The van der Waals surface area contributed by atoms with Crippen molar-refractivity contribution >= 4 is 0 Å². The maximum Gasteiger partial charge on any atom is 0.00966 e. The van der Waals surface area contributed by atoms with Crippen molar-refractivity contribution < 1.29 is 0 Å². The van der Waals surface area contributed by atoms with Crippen LogP contribution in [-0.4, -0.2) is 12.1 Å². The summed E-state index contributed by atoms with van der Waals surface area (Å²) in [5.74, 6) is 2.74. The standard InChI is InChI=1S/C15H31N/c1-12(2)10-14(11-16-15(3,4)5)13-8-6-7-9-13/h12-14,16H,6-11H2,1-5H3. The van der Waals surface area contributed by atoms with E-state index < -0.39 is 0 Å². The van der Waals surface area contributed by atoms with Crippen LogP contribution in [0.5, 0.6) is 0 Å². The van der Waals surface area contributed by atoms with E-state index >= 15 is 0 Å². The molecule has 0 aliphatic heterocycles. The fraction of sp³-hybridized carbons (Fsp3) is 1.00. The second-order valence-corrected chi connectivity index (χ2v) is 7.07. The van der Waals surface area contributed by atoms with Crippen LogP contribution < -0.4 is 5.32 Å². The first-order valence-electron chi connectivity index (χ1n) is 7.13. The summed E-state index contributed by atoms with van der Waals surface area (Å²) in [4.78, 5) is 0. The average Bonchev–Trinajstić information content (AvgIpc) is 2.62. The molecule has 0 saturated heterocycles. The first-order valence-corrected chi connectivity index (χ1v) is 7.13. The van der Waals surface area contributed by atoms with Crippen molar-refractivity contribution in [3.63, 3.8) is 0 Å². The summed E-state index contributed by atoms with van der Waals surface area (Å²) in [5.41, 5.74) is 0.272. The van der Waals surface area contributed by atoms with Gasteiger partial charge in [0.25, 0.3) is 0 Å². The fourth-order valence-corrected chi connectivity index (χ4v) is 2.91. The molecule has 1 saturated carbocycles. The molecule has 1 atom stereocenters. The Hall–Kier alpha value is -0.0400. The van der Waals surface area contributed by atoms with Crippen molar-refractivity contribution in [2.24, 2.45) is 17.8 Å². The van der Waals surface area contributed by atoms with Gasteiger partial charge in [-0.05, 0) is 51.5 Å². The van der Waals surface area contributed by atoms with E-state index in [-0.39, 0.29) is 5.54 Å². The lowest BCUT2D eigenvalue weighted by Gasteiger charge is -2.30. The molecule has 0 aromatic carbocycles. The molecule has 96 valence electrons. The Morgan fingerprint density at radius 3 is 2.12 bits per heavy atom. The minimum Gasteiger partial charge on any atom is -0.312 e. The lowest BCUT2D eigenvalue weighted by atomic mass is 9.84. The Bertz CT molecular complexity index is 184. The molecule has 1 rings (SSSR count). The molecule has 1 heteroatoms. The molecular formula is C15H31N. The minimum atomic E-state index is 0.272. The molecule has 0 aromatic heterocycles. The molecule has 1 nitrogen and oxygen atoms in total. The average molecular weight is 225 g/mol. The molecular weight excluding hydrogens is 194 g/mol. The normalized spacial score (nSPS) is 20.6. The van der Waals surface area contributed by atoms with Gasteiger partial charge in [0.15, 0.2) is 0 Å². The predicted octanol–water partition coefficient (Wildman–Crippen LogP) is 4.23. The molecule has 0 bridgehead atoms. The van der Waals surface area contributed by atoms with E-state index in [1.54, 1.807) is 0 Å². The zero-order chi connectivity index (χ0) is 12.2. The van der Waals surface area contributed by atoms with E-state index in [0.717, 1.165) is 17.8 Å². The Labute approximate surface area is 102 Å². The number of hydrogen-bond donors (Lipinski definition) is 1. The van der Waals surface area contributed by atoms with Crippen molar-refractivity contribution in [2.45, 2.75) is 72.3 Å². The SMILES string of the molecule is CC(C)CC(CNC(C)(C)C)C1CCCC1. The smallest absolute Gasteiger partial charge is 0.00966 e. The van der Waals surface area contributed by atoms with Crippen LogP contribution in [0.4, 0.5) is 0 Å². The minimum absolute atomic E-state index is 0.272. The van der Waals surface area contributed by atoms with Crippen LogP contribution in [-0.2, 0) is 0 Å². The van der Waals surface area contributed by atoms with E-state index in [9.17, 15) is 0 Å². The Morgan fingerprint density at radius 1 is 1.12 bits per heavy atom. The third-order valence-corrected chi connectivity index (χ3v) is 3.74. The third kappa shape index (κ3) is 5.34. The van der Waals surface area contributed by atoms with Gasteiger partial charge in [-0.2, -0.15) is 0 Å². The second kappa shape index (κ2) is 6.05. The summed E-state index contributed by atoms with van der Waals surface area (Å²) < 4.78 is 0. The van der Waals surface area contributed by atoms with Gasteiger partial charge < -0.3 is 5.32 Å². The van der Waals surface area contributed by atoms with Gasteiger partial charge in [-0.15, -0.1) is 0 Å². The van der Waals surface area contributed by atoms with Gasteiger partial charge in [-0.1, -0.05) is 39.5 Å². The molecule has 0 aromatic rings. The molecule has 1 aliphatic rings. The molecule has 16 heavy (non-hydrogen) atoms. The van der Waals surface area contributed by atoms with Crippen LogP contribution in [0.3, 0.4) is 0 Å². The Kier molecular flexibility index (Phi) is 5.30. The van der Waals surface area contributed by atoms with Crippen molar-refractivity contribution in [2.75, 3.05) is 6.54 Å². The quantitative estimate of drug-likeness (QED) is 0.738. The van der Waals surface area contributed by atoms with E-state index in [1.807, 2.05) is 0 Å². The van der Waals surface area contributed by atoms with Gasteiger partial charge in [-0.3, -0.25) is 0 Å². The van der Waals surface area contributed by atoms with Crippen molar-refractivity contribution in [3.05, 3.63) is 0 Å². The molecule has 1 aliphatic carbocycles. The van der Waals surface area contributed by atoms with Crippen LogP contribution >= 0.6 is 0 Å². The fourth-order valence-electron chi connectivity index (χ4n) is 2.91. The Balaban J connectivity index is 2.43. The first kappa shape index (κ1) is 14.0. The maximum atomic E-state index is 3.70. The number of rotatable bonds is 5. The van der Waals surface area contributed by atoms with Crippen molar-refractivity contribution in [3.8, 4) is 0 Å². The summed E-state index contributed by atoms with van der Waals surface area (Å²) in [7, 11) is 0. The van der Waals surface area contributed by atoms with Gasteiger partial charge in [0.2, 0.25) is 0 Å². The van der Waals surface area contributed by atoms with Crippen LogP contribution in [0.25, 0.3) is 0 Å². The topological polar surface area (TPSA) is 12.0 Å². The van der Waals surface area contributed by atoms with Gasteiger partial charge in [0.05, 0.1) is 0 Å². The highest BCUT2D eigenvalue weighted by Gasteiger charge is 2.26. The molecule has 0 amide bonds. The van der Waals surface area contributed by atoms with Gasteiger partial charge >= 0.3 is 0 Å². The molecule has 1 unspecified atom stereocenters. The van der Waals surface area contributed by atoms with E-state index in [1.165, 1.54) is 38.6 Å². The van der Waals surface area contributed by atoms with Gasteiger partial charge in [0.1, 0.15) is 0 Å². The lowest BCUT2D eigenvalue weighted by molar-refractivity contribution is 0.251. The second-order valence-electron chi connectivity index (χ2n) is 7.07. The summed E-state index contributed by atoms with van der Waals surface area (Å²) >= 11 is 0. The summed E-state index contributed by atoms with van der Waals surface area (Å²) in [6.07, 6.45) is 7.28.